The van der Waals surface area contributed by atoms with E-state index in [0.29, 0.717) is 23.6 Å². The molecule has 0 radical (unpaired) electrons. The van der Waals surface area contributed by atoms with Gasteiger partial charge in [0, 0.05) is 12.3 Å². The van der Waals surface area contributed by atoms with Gasteiger partial charge in [0.25, 0.3) is 0 Å². The van der Waals surface area contributed by atoms with Crippen molar-refractivity contribution in [3.8, 4) is 10.7 Å². The molecule has 1 unspecified atom stereocenters. The standard InChI is InChI=1S/C17H20N4O2S2/c1-11-12(2)21(9-13-5-3-7-22-13)17(18-11)25-10-15-19-16(20-23-15)14-6-4-8-24-14/h4,6,8,13H,3,5,7,9-10H2,1-2H3. The number of hydrogen-bond donors (Lipinski definition) is 0. The minimum absolute atomic E-state index is 0.292. The molecule has 0 spiro atoms. The zero-order valence-electron chi connectivity index (χ0n) is 14.3. The highest BCUT2D eigenvalue weighted by Gasteiger charge is 2.21. The Balaban J connectivity index is 1.46. The van der Waals surface area contributed by atoms with Gasteiger partial charge in [-0.05, 0) is 38.1 Å². The van der Waals surface area contributed by atoms with Crippen molar-refractivity contribution in [2.45, 2.75) is 50.2 Å². The first-order valence-corrected chi connectivity index (χ1v) is 10.2. The van der Waals surface area contributed by atoms with Gasteiger partial charge in [0.05, 0.1) is 29.0 Å². The molecule has 132 valence electrons. The van der Waals surface area contributed by atoms with Gasteiger partial charge in [0.15, 0.2) is 5.16 Å². The summed E-state index contributed by atoms with van der Waals surface area (Å²) < 4.78 is 13.4. The van der Waals surface area contributed by atoms with Crippen LogP contribution in [0.15, 0.2) is 27.2 Å². The summed E-state index contributed by atoms with van der Waals surface area (Å²) in [7, 11) is 0. The number of nitrogens with zero attached hydrogens (tertiary/aromatic N) is 4. The molecule has 1 aliphatic rings. The van der Waals surface area contributed by atoms with Gasteiger partial charge < -0.3 is 13.8 Å². The van der Waals surface area contributed by atoms with E-state index in [2.05, 4.69) is 21.6 Å². The minimum Gasteiger partial charge on any atom is -0.376 e. The summed E-state index contributed by atoms with van der Waals surface area (Å²) in [5, 5.41) is 7.06. The Morgan fingerprint density at radius 3 is 3.04 bits per heavy atom. The molecule has 1 fully saturated rings. The van der Waals surface area contributed by atoms with Crippen molar-refractivity contribution in [1.29, 1.82) is 0 Å². The zero-order chi connectivity index (χ0) is 17.2. The number of aryl methyl sites for hydroxylation is 1. The molecule has 6 nitrogen and oxygen atoms in total. The van der Waals surface area contributed by atoms with E-state index < -0.39 is 0 Å². The molecular formula is C17H20N4O2S2. The smallest absolute Gasteiger partial charge is 0.237 e. The quantitative estimate of drug-likeness (QED) is 0.604. The average molecular weight is 377 g/mol. The van der Waals surface area contributed by atoms with E-state index in [1.54, 1.807) is 23.1 Å². The number of hydrogen-bond acceptors (Lipinski definition) is 7. The highest BCUT2D eigenvalue weighted by Crippen LogP contribution is 2.28. The lowest BCUT2D eigenvalue weighted by atomic mass is 10.2. The third kappa shape index (κ3) is 3.65. The minimum atomic E-state index is 0.292. The third-order valence-corrected chi connectivity index (χ3v) is 6.19. The average Bonchev–Trinajstić information content (AvgIpc) is 3.38. The number of thiophene rings is 1. The normalized spacial score (nSPS) is 17.4. The fraction of sp³-hybridized carbons (Fsp3) is 0.471. The predicted octanol–water partition coefficient (Wildman–Crippen LogP) is 4.08. The van der Waals surface area contributed by atoms with Crippen molar-refractivity contribution in [3.05, 3.63) is 34.8 Å². The first-order chi connectivity index (χ1) is 12.2. The Bertz CT molecular complexity index is 835. The molecule has 4 rings (SSSR count). The second-order valence-electron chi connectivity index (χ2n) is 6.09. The molecule has 0 N–H and O–H groups in total. The van der Waals surface area contributed by atoms with Gasteiger partial charge in [0.2, 0.25) is 11.7 Å². The van der Waals surface area contributed by atoms with Crippen molar-refractivity contribution < 1.29 is 9.26 Å². The molecule has 0 amide bonds. The third-order valence-electron chi connectivity index (χ3n) is 4.37. The highest BCUT2D eigenvalue weighted by molar-refractivity contribution is 7.98. The first kappa shape index (κ1) is 16.8. The number of imidazole rings is 1. The molecule has 8 heteroatoms. The molecule has 3 aromatic rings. The molecule has 0 bridgehead atoms. The van der Waals surface area contributed by atoms with E-state index in [1.165, 1.54) is 5.69 Å². The summed E-state index contributed by atoms with van der Waals surface area (Å²) in [5.41, 5.74) is 2.26. The fourth-order valence-corrected chi connectivity index (χ4v) is 4.47. The Hall–Kier alpha value is -1.64. The van der Waals surface area contributed by atoms with Crippen LogP contribution in [0.4, 0.5) is 0 Å². The molecule has 1 aliphatic heterocycles. The monoisotopic (exact) mass is 376 g/mol. The molecule has 1 saturated heterocycles. The maximum atomic E-state index is 5.79. The van der Waals surface area contributed by atoms with E-state index >= 15 is 0 Å². The molecule has 0 saturated carbocycles. The van der Waals surface area contributed by atoms with Crippen molar-refractivity contribution in [3.63, 3.8) is 0 Å². The van der Waals surface area contributed by atoms with E-state index in [1.807, 2.05) is 24.4 Å². The Morgan fingerprint density at radius 2 is 2.28 bits per heavy atom. The fourth-order valence-electron chi connectivity index (χ4n) is 2.89. The number of thioether (sulfide) groups is 1. The van der Waals surface area contributed by atoms with Crippen LogP contribution in [0, 0.1) is 13.8 Å². The SMILES string of the molecule is Cc1nc(SCc2nc(-c3cccs3)no2)n(CC2CCCO2)c1C. The highest BCUT2D eigenvalue weighted by atomic mass is 32.2. The van der Waals surface area contributed by atoms with Crippen LogP contribution < -0.4 is 0 Å². The maximum absolute atomic E-state index is 5.79. The zero-order valence-corrected chi connectivity index (χ0v) is 15.9. The maximum Gasteiger partial charge on any atom is 0.237 e. The molecular weight excluding hydrogens is 356 g/mol. The van der Waals surface area contributed by atoms with Crippen LogP contribution in [0.25, 0.3) is 10.7 Å². The lowest BCUT2D eigenvalue weighted by molar-refractivity contribution is 0.0945. The molecule has 0 aliphatic carbocycles. The van der Waals surface area contributed by atoms with Gasteiger partial charge in [-0.1, -0.05) is 23.0 Å². The summed E-state index contributed by atoms with van der Waals surface area (Å²) in [6.45, 7) is 5.89. The molecule has 0 aromatic carbocycles. The molecule has 25 heavy (non-hydrogen) atoms. The lowest BCUT2D eigenvalue weighted by Gasteiger charge is -2.14. The number of rotatable bonds is 6. The van der Waals surface area contributed by atoms with Crippen molar-refractivity contribution in [2.24, 2.45) is 0 Å². The molecule has 1 atom stereocenters. The topological polar surface area (TPSA) is 66.0 Å². The van der Waals surface area contributed by atoms with E-state index in [9.17, 15) is 0 Å². The van der Waals surface area contributed by atoms with Crippen molar-refractivity contribution in [2.75, 3.05) is 6.61 Å². The Kier molecular flexibility index (Phi) is 4.91. The van der Waals surface area contributed by atoms with Crippen LogP contribution in [-0.2, 0) is 17.0 Å². The van der Waals surface area contributed by atoms with Gasteiger partial charge in [-0.3, -0.25) is 0 Å². The van der Waals surface area contributed by atoms with Gasteiger partial charge in [-0.25, -0.2) is 4.98 Å². The second kappa shape index (κ2) is 7.31. The van der Waals surface area contributed by atoms with Crippen LogP contribution in [0.3, 0.4) is 0 Å². The van der Waals surface area contributed by atoms with E-state index in [-0.39, 0.29) is 0 Å². The Labute approximate surface area is 154 Å². The molecule has 4 heterocycles. The lowest BCUT2D eigenvalue weighted by Crippen LogP contribution is -2.16. The summed E-state index contributed by atoms with van der Waals surface area (Å²) in [6.07, 6.45) is 2.56. The first-order valence-electron chi connectivity index (χ1n) is 8.35. The van der Waals surface area contributed by atoms with Crippen molar-refractivity contribution >= 4 is 23.1 Å². The summed E-state index contributed by atoms with van der Waals surface area (Å²) in [6, 6.07) is 3.98. The van der Waals surface area contributed by atoms with E-state index in [4.69, 9.17) is 14.2 Å². The van der Waals surface area contributed by atoms with Crippen LogP contribution in [-0.4, -0.2) is 32.4 Å². The summed E-state index contributed by atoms with van der Waals surface area (Å²) >= 11 is 3.24. The van der Waals surface area contributed by atoms with Crippen LogP contribution in [0.5, 0.6) is 0 Å². The second-order valence-corrected chi connectivity index (χ2v) is 7.98. The van der Waals surface area contributed by atoms with Gasteiger partial charge in [-0.2, -0.15) is 4.98 Å². The van der Waals surface area contributed by atoms with Gasteiger partial charge in [0.1, 0.15) is 0 Å². The van der Waals surface area contributed by atoms with Crippen molar-refractivity contribution in [1.82, 2.24) is 19.7 Å². The summed E-state index contributed by atoms with van der Waals surface area (Å²) in [5.74, 6) is 1.89. The van der Waals surface area contributed by atoms with Crippen LogP contribution in [0.2, 0.25) is 0 Å². The molecule has 3 aromatic heterocycles. The van der Waals surface area contributed by atoms with Gasteiger partial charge >= 0.3 is 0 Å². The Morgan fingerprint density at radius 1 is 1.36 bits per heavy atom. The largest absolute Gasteiger partial charge is 0.376 e. The van der Waals surface area contributed by atoms with Gasteiger partial charge in [-0.15, -0.1) is 11.3 Å². The van der Waals surface area contributed by atoms with Crippen LogP contribution in [0.1, 0.15) is 30.1 Å². The number of ether oxygens (including phenoxy) is 1. The predicted molar refractivity (Wildman–Crippen MR) is 97.8 cm³/mol. The number of aromatic nitrogens is 4. The van der Waals surface area contributed by atoms with E-state index in [0.717, 1.165) is 41.7 Å². The van der Waals surface area contributed by atoms with Crippen LogP contribution >= 0.6 is 23.1 Å². The summed E-state index contributed by atoms with van der Waals surface area (Å²) in [4.78, 5) is 10.2.